The predicted molar refractivity (Wildman–Crippen MR) is 120 cm³/mol. The molecule has 0 atom stereocenters. The predicted octanol–water partition coefficient (Wildman–Crippen LogP) is 8.50. The zero-order valence-corrected chi connectivity index (χ0v) is 17.8. The molecule has 0 amide bonds. The lowest BCUT2D eigenvalue weighted by Gasteiger charge is -2.37. The van der Waals surface area contributed by atoms with Gasteiger partial charge in [0.05, 0.1) is 0 Å². The molecule has 0 spiro atoms. The number of rotatable bonds is 8. The fourth-order valence-corrected chi connectivity index (χ4v) is 6.23. The van der Waals surface area contributed by atoms with Gasteiger partial charge < -0.3 is 0 Å². The van der Waals surface area contributed by atoms with Crippen molar-refractivity contribution in [2.75, 3.05) is 0 Å². The van der Waals surface area contributed by atoms with Gasteiger partial charge in [-0.05, 0) is 119 Å². The Hall–Kier alpha value is -0.780. The summed E-state index contributed by atoms with van der Waals surface area (Å²) in [6.07, 6.45) is 30.9. The summed E-state index contributed by atoms with van der Waals surface area (Å²) in [5.74, 6) is 5.74. The molecule has 0 aromatic carbocycles. The Morgan fingerprint density at radius 2 is 1.19 bits per heavy atom. The summed E-state index contributed by atoms with van der Waals surface area (Å²) in [5.41, 5.74) is 0. The van der Waals surface area contributed by atoms with E-state index in [1.54, 1.807) is 0 Å². The van der Waals surface area contributed by atoms with E-state index < -0.39 is 0 Å². The average molecular weight is 369 g/mol. The van der Waals surface area contributed by atoms with Crippen LogP contribution in [0.4, 0.5) is 0 Å². The molecule has 0 nitrogen and oxygen atoms in total. The second-order valence-corrected chi connectivity index (χ2v) is 10.0. The second kappa shape index (κ2) is 11.3. The highest BCUT2D eigenvalue weighted by molar-refractivity contribution is 4.95. The molecule has 3 rings (SSSR count). The minimum absolute atomic E-state index is 0.794. The van der Waals surface area contributed by atoms with Crippen molar-refractivity contribution in [1.82, 2.24) is 0 Å². The molecule has 27 heavy (non-hydrogen) atoms. The molecule has 0 N–H and O–H groups in total. The molecule has 3 saturated carbocycles. The van der Waals surface area contributed by atoms with Crippen molar-refractivity contribution >= 4 is 0 Å². The zero-order chi connectivity index (χ0) is 18.9. The van der Waals surface area contributed by atoms with E-state index in [0.717, 1.165) is 35.5 Å². The molecule has 3 aliphatic rings. The van der Waals surface area contributed by atoms with Gasteiger partial charge in [0.2, 0.25) is 0 Å². The summed E-state index contributed by atoms with van der Waals surface area (Å²) in [4.78, 5) is 0. The minimum Gasteiger partial charge on any atom is -0.103 e. The zero-order valence-electron chi connectivity index (χ0n) is 17.8. The van der Waals surface area contributed by atoms with Crippen molar-refractivity contribution in [3.63, 3.8) is 0 Å². The van der Waals surface area contributed by atoms with E-state index in [1.807, 2.05) is 0 Å². The van der Waals surface area contributed by atoms with Crippen LogP contribution in [-0.2, 0) is 0 Å². The Kier molecular flexibility index (Phi) is 8.75. The highest BCUT2D eigenvalue weighted by atomic mass is 14.4. The summed E-state index contributed by atoms with van der Waals surface area (Å²) < 4.78 is 0. The average Bonchev–Trinajstić information content (AvgIpc) is 2.74. The molecule has 0 heterocycles. The van der Waals surface area contributed by atoms with Gasteiger partial charge in [0.25, 0.3) is 0 Å². The first kappa shape index (κ1) is 20.9. The largest absolute Gasteiger partial charge is 0.103 e. The maximum atomic E-state index is 3.97. The van der Waals surface area contributed by atoms with Gasteiger partial charge in [0.1, 0.15) is 0 Å². The van der Waals surface area contributed by atoms with Crippen LogP contribution in [0, 0.1) is 35.5 Å². The summed E-state index contributed by atoms with van der Waals surface area (Å²) in [5, 5.41) is 0. The summed E-state index contributed by atoms with van der Waals surface area (Å²) in [6, 6.07) is 0. The van der Waals surface area contributed by atoms with Crippen molar-refractivity contribution in [2.45, 2.75) is 96.3 Å². The molecule has 0 heteroatoms. The molecule has 0 aliphatic heterocycles. The van der Waals surface area contributed by atoms with Crippen molar-refractivity contribution in [3.8, 4) is 0 Å². The number of hydrogen-bond acceptors (Lipinski definition) is 0. The first-order valence-corrected chi connectivity index (χ1v) is 12.2. The van der Waals surface area contributed by atoms with Crippen LogP contribution < -0.4 is 0 Å². The molecule has 0 saturated heterocycles. The van der Waals surface area contributed by atoms with Crippen LogP contribution in [0.15, 0.2) is 37.5 Å². The van der Waals surface area contributed by atoms with Crippen LogP contribution in [-0.4, -0.2) is 0 Å². The lowest BCUT2D eigenvalue weighted by atomic mass is 9.68. The molecule has 0 aromatic heterocycles. The van der Waals surface area contributed by atoms with Crippen molar-refractivity contribution in [2.24, 2.45) is 35.5 Å². The van der Waals surface area contributed by atoms with Gasteiger partial charge in [-0.1, -0.05) is 37.1 Å². The van der Waals surface area contributed by atoms with Gasteiger partial charge in [0.15, 0.2) is 0 Å². The summed E-state index contributed by atoms with van der Waals surface area (Å²) in [7, 11) is 0. The van der Waals surface area contributed by atoms with Crippen LogP contribution in [0.2, 0.25) is 0 Å². The van der Waals surface area contributed by atoms with Crippen LogP contribution in [0.25, 0.3) is 0 Å². The molecule has 0 unspecified atom stereocenters. The summed E-state index contributed by atoms with van der Waals surface area (Å²) in [6.45, 7) is 7.85. The van der Waals surface area contributed by atoms with Gasteiger partial charge >= 0.3 is 0 Å². The normalized spacial score (nSPS) is 37.9. The number of allylic oxidation sites excluding steroid dienone is 4. The highest BCUT2D eigenvalue weighted by Crippen LogP contribution is 2.43. The van der Waals surface area contributed by atoms with Gasteiger partial charge in [-0.25, -0.2) is 0 Å². The molecule has 0 bridgehead atoms. The van der Waals surface area contributed by atoms with Crippen LogP contribution in [0.3, 0.4) is 0 Å². The third-order valence-electron chi connectivity index (χ3n) is 8.26. The fraction of sp³-hybridized carbons (Fsp3) is 0.778. The van der Waals surface area contributed by atoms with Crippen molar-refractivity contribution < 1.29 is 0 Å². The molecule has 0 aromatic rings. The minimum atomic E-state index is 0.794. The Morgan fingerprint density at radius 3 is 1.74 bits per heavy atom. The number of hydrogen-bond donors (Lipinski definition) is 0. The molecule has 3 fully saturated rings. The molecule has 152 valence electrons. The van der Waals surface area contributed by atoms with Crippen LogP contribution >= 0.6 is 0 Å². The van der Waals surface area contributed by atoms with E-state index in [-0.39, 0.29) is 0 Å². The standard InChI is InChI=1S/C27H44/c1-3-5-7-23-14-18-26(19-15-23)27-20-16-25(17-21-27)9-6-8-24-12-10-22(4-2)11-13-24/h3-4,6,8,22-27H,1-2,5,7,9-21H2/b8-6+. The van der Waals surface area contributed by atoms with Gasteiger partial charge in [-0.3, -0.25) is 0 Å². The van der Waals surface area contributed by atoms with E-state index >= 15 is 0 Å². The SMILES string of the molecule is C=CCCC1CCC(C2CCC(C/C=C/C3CCC(C=C)CC3)CC2)CC1. The van der Waals surface area contributed by atoms with Crippen molar-refractivity contribution in [3.05, 3.63) is 37.5 Å². The Balaban J connectivity index is 1.30. The molecule has 0 radical (unpaired) electrons. The lowest BCUT2D eigenvalue weighted by Crippen LogP contribution is -2.25. The highest BCUT2D eigenvalue weighted by Gasteiger charge is 2.30. The topological polar surface area (TPSA) is 0 Å². The van der Waals surface area contributed by atoms with Crippen LogP contribution in [0.1, 0.15) is 96.3 Å². The van der Waals surface area contributed by atoms with Gasteiger partial charge in [0, 0.05) is 0 Å². The van der Waals surface area contributed by atoms with Gasteiger partial charge in [-0.2, -0.15) is 0 Å². The quantitative estimate of drug-likeness (QED) is 0.377. The maximum absolute atomic E-state index is 3.97. The lowest BCUT2D eigenvalue weighted by molar-refractivity contribution is 0.144. The Labute approximate surface area is 169 Å². The third-order valence-corrected chi connectivity index (χ3v) is 8.26. The first-order chi connectivity index (χ1) is 13.3. The van der Waals surface area contributed by atoms with E-state index in [9.17, 15) is 0 Å². The summed E-state index contributed by atoms with van der Waals surface area (Å²) >= 11 is 0. The van der Waals surface area contributed by atoms with Gasteiger partial charge in [-0.15, -0.1) is 13.2 Å². The second-order valence-electron chi connectivity index (χ2n) is 10.0. The van der Waals surface area contributed by atoms with Crippen LogP contribution in [0.5, 0.6) is 0 Å². The fourth-order valence-electron chi connectivity index (χ4n) is 6.23. The van der Waals surface area contributed by atoms with E-state index in [1.165, 1.54) is 96.3 Å². The molecule has 3 aliphatic carbocycles. The third kappa shape index (κ3) is 6.65. The Morgan fingerprint density at radius 1 is 0.630 bits per heavy atom. The molecular weight excluding hydrogens is 324 g/mol. The van der Waals surface area contributed by atoms with Crippen molar-refractivity contribution in [1.29, 1.82) is 0 Å². The molecular formula is C27H44. The first-order valence-electron chi connectivity index (χ1n) is 12.2. The monoisotopic (exact) mass is 368 g/mol. The maximum Gasteiger partial charge on any atom is -0.0233 e. The Bertz CT molecular complexity index is 448. The van der Waals surface area contributed by atoms with E-state index in [0.29, 0.717) is 0 Å². The van der Waals surface area contributed by atoms with E-state index in [4.69, 9.17) is 0 Å². The smallest absolute Gasteiger partial charge is 0.0233 e. The van der Waals surface area contributed by atoms with E-state index in [2.05, 4.69) is 37.5 Å².